The average Bonchev–Trinajstić information content (AvgIpc) is 2.16. The van der Waals surface area contributed by atoms with E-state index in [1.54, 1.807) is 6.07 Å². The molecule has 3 nitrogen and oxygen atoms in total. The molecule has 0 aliphatic heterocycles. The summed E-state index contributed by atoms with van der Waals surface area (Å²) in [4.78, 5) is 3.56. The highest BCUT2D eigenvalue weighted by Crippen LogP contribution is 2.22. The predicted molar refractivity (Wildman–Crippen MR) is 39.8 cm³/mol. The molecule has 1 rings (SSSR count). The molecule has 0 fully saturated rings. The lowest BCUT2D eigenvalue weighted by molar-refractivity contribution is 0.147. The summed E-state index contributed by atoms with van der Waals surface area (Å²) in [5, 5.41) is 17.1. The molecular weight excluding hydrogens is 178 g/mol. The van der Waals surface area contributed by atoms with E-state index in [0.29, 0.717) is 0 Å². The van der Waals surface area contributed by atoms with Crippen molar-refractivity contribution in [1.82, 2.24) is 4.98 Å². The number of aromatic nitrogens is 1. The van der Waals surface area contributed by atoms with Crippen LogP contribution in [-0.2, 0) is 6.61 Å². The van der Waals surface area contributed by atoms with Crippen molar-refractivity contribution in [1.29, 1.82) is 5.26 Å². The number of alkyl halides is 2. The average molecular weight is 184 g/mol. The van der Waals surface area contributed by atoms with Crippen LogP contribution in [0.4, 0.5) is 8.78 Å². The van der Waals surface area contributed by atoms with Crippen molar-refractivity contribution in [2.75, 3.05) is 0 Å². The summed E-state index contributed by atoms with van der Waals surface area (Å²) in [6.45, 7) is -0.502. The van der Waals surface area contributed by atoms with E-state index in [2.05, 4.69) is 4.98 Å². The summed E-state index contributed by atoms with van der Waals surface area (Å²) >= 11 is 0. The van der Waals surface area contributed by atoms with E-state index in [9.17, 15) is 8.78 Å². The Labute approximate surface area is 73.3 Å². The third kappa shape index (κ3) is 1.98. The Morgan fingerprint density at radius 2 is 2.31 bits per heavy atom. The first-order valence-electron chi connectivity index (χ1n) is 3.47. The van der Waals surface area contributed by atoms with Crippen LogP contribution in [0, 0.1) is 11.3 Å². The molecule has 0 radical (unpaired) electrons. The quantitative estimate of drug-likeness (QED) is 0.755. The Bertz CT molecular complexity index is 346. The molecule has 1 aromatic rings. The van der Waals surface area contributed by atoms with Gasteiger partial charge in [0.1, 0.15) is 11.8 Å². The molecule has 0 spiro atoms. The number of rotatable bonds is 2. The molecule has 0 saturated carbocycles. The van der Waals surface area contributed by atoms with E-state index in [4.69, 9.17) is 10.4 Å². The minimum atomic E-state index is -2.70. The minimum Gasteiger partial charge on any atom is -0.392 e. The highest BCUT2D eigenvalue weighted by molar-refractivity contribution is 5.32. The largest absolute Gasteiger partial charge is 0.392 e. The molecule has 1 aromatic heterocycles. The second-order valence-electron chi connectivity index (χ2n) is 2.34. The number of aliphatic hydroxyl groups excluding tert-OH is 1. The highest BCUT2D eigenvalue weighted by atomic mass is 19.3. The maximum absolute atomic E-state index is 12.3. The molecule has 0 bridgehead atoms. The van der Waals surface area contributed by atoms with E-state index < -0.39 is 13.0 Å². The van der Waals surface area contributed by atoms with Gasteiger partial charge in [0, 0.05) is 17.3 Å². The van der Waals surface area contributed by atoms with Crippen molar-refractivity contribution in [2.45, 2.75) is 13.0 Å². The first-order chi connectivity index (χ1) is 6.19. The molecule has 0 aliphatic carbocycles. The van der Waals surface area contributed by atoms with Gasteiger partial charge in [-0.2, -0.15) is 5.26 Å². The van der Waals surface area contributed by atoms with Crippen LogP contribution in [0.25, 0.3) is 0 Å². The van der Waals surface area contributed by atoms with Crippen molar-refractivity contribution < 1.29 is 13.9 Å². The van der Waals surface area contributed by atoms with Gasteiger partial charge < -0.3 is 5.11 Å². The third-order valence-electron chi connectivity index (χ3n) is 1.54. The fourth-order valence-electron chi connectivity index (χ4n) is 0.896. The fourth-order valence-corrected chi connectivity index (χ4v) is 0.896. The second kappa shape index (κ2) is 3.92. The maximum atomic E-state index is 12.3. The van der Waals surface area contributed by atoms with Gasteiger partial charge in [0.2, 0.25) is 0 Å². The maximum Gasteiger partial charge on any atom is 0.264 e. The minimum absolute atomic E-state index is 0.0500. The molecule has 5 heteroatoms. The molecule has 0 saturated heterocycles. The van der Waals surface area contributed by atoms with Crippen molar-refractivity contribution in [3.8, 4) is 6.07 Å². The molecular formula is C8H6F2N2O. The molecule has 1 N–H and O–H groups in total. The zero-order valence-corrected chi connectivity index (χ0v) is 6.54. The number of hydrogen-bond acceptors (Lipinski definition) is 3. The van der Waals surface area contributed by atoms with Gasteiger partial charge in [-0.15, -0.1) is 0 Å². The lowest BCUT2D eigenvalue weighted by atomic mass is 10.1. The monoisotopic (exact) mass is 184 g/mol. The van der Waals surface area contributed by atoms with E-state index in [-0.39, 0.29) is 16.8 Å². The number of pyridine rings is 1. The molecule has 1 heterocycles. The van der Waals surface area contributed by atoms with Crippen molar-refractivity contribution in [3.63, 3.8) is 0 Å². The SMILES string of the molecule is N#Cc1cc(C(F)F)c(CO)cn1. The summed E-state index contributed by atoms with van der Waals surface area (Å²) in [6, 6.07) is 2.63. The van der Waals surface area contributed by atoms with Crippen LogP contribution in [0.1, 0.15) is 23.2 Å². The standard InChI is InChI=1S/C8H6F2N2O/c9-8(10)7-1-6(2-11)12-3-5(7)4-13/h1,3,8,13H,4H2. The fraction of sp³-hybridized carbons (Fsp3) is 0.250. The number of nitriles is 1. The van der Waals surface area contributed by atoms with Gasteiger partial charge in [-0.25, -0.2) is 13.8 Å². The lowest BCUT2D eigenvalue weighted by Crippen LogP contribution is -1.97. The Hall–Kier alpha value is -1.54. The topological polar surface area (TPSA) is 56.9 Å². The number of hydrogen-bond donors (Lipinski definition) is 1. The number of nitrogens with zero attached hydrogens (tertiary/aromatic N) is 2. The number of aliphatic hydroxyl groups is 1. The second-order valence-corrected chi connectivity index (χ2v) is 2.34. The van der Waals surface area contributed by atoms with Gasteiger partial charge in [0.05, 0.1) is 6.61 Å². The van der Waals surface area contributed by atoms with Crippen LogP contribution in [0.5, 0.6) is 0 Å². The van der Waals surface area contributed by atoms with Gasteiger partial charge in [-0.1, -0.05) is 0 Å². The molecule has 13 heavy (non-hydrogen) atoms. The Morgan fingerprint density at radius 3 is 2.77 bits per heavy atom. The Kier molecular flexibility index (Phi) is 2.88. The predicted octanol–water partition coefficient (Wildman–Crippen LogP) is 1.38. The highest BCUT2D eigenvalue weighted by Gasteiger charge is 2.13. The normalized spacial score (nSPS) is 10.1. The van der Waals surface area contributed by atoms with Crippen LogP contribution in [0.3, 0.4) is 0 Å². The van der Waals surface area contributed by atoms with Crippen molar-refractivity contribution >= 4 is 0 Å². The lowest BCUT2D eigenvalue weighted by Gasteiger charge is -2.04. The summed E-state index contributed by atoms with van der Waals surface area (Å²) < 4.78 is 24.6. The van der Waals surface area contributed by atoms with Crippen LogP contribution in [-0.4, -0.2) is 10.1 Å². The Balaban J connectivity index is 3.20. The van der Waals surface area contributed by atoms with Gasteiger partial charge >= 0.3 is 0 Å². The van der Waals surface area contributed by atoms with E-state index in [0.717, 1.165) is 12.3 Å². The molecule has 0 aliphatic rings. The zero-order valence-electron chi connectivity index (χ0n) is 6.54. The van der Waals surface area contributed by atoms with E-state index >= 15 is 0 Å². The molecule has 68 valence electrons. The molecule has 0 unspecified atom stereocenters. The molecule has 0 atom stereocenters. The zero-order chi connectivity index (χ0) is 9.84. The van der Waals surface area contributed by atoms with Crippen LogP contribution in [0.2, 0.25) is 0 Å². The van der Waals surface area contributed by atoms with Gasteiger partial charge in [0.25, 0.3) is 6.43 Å². The number of halogens is 2. The first-order valence-corrected chi connectivity index (χ1v) is 3.47. The third-order valence-corrected chi connectivity index (χ3v) is 1.54. The van der Waals surface area contributed by atoms with Gasteiger partial charge in [-0.05, 0) is 6.07 Å². The van der Waals surface area contributed by atoms with E-state index in [1.807, 2.05) is 0 Å². The Morgan fingerprint density at radius 1 is 1.62 bits per heavy atom. The molecule has 0 aromatic carbocycles. The smallest absolute Gasteiger partial charge is 0.264 e. The van der Waals surface area contributed by atoms with Crippen molar-refractivity contribution in [3.05, 3.63) is 29.1 Å². The summed E-state index contributed by atoms with van der Waals surface area (Å²) in [5.74, 6) is 0. The van der Waals surface area contributed by atoms with Crippen LogP contribution >= 0.6 is 0 Å². The van der Waals surface area contributed by atoms with Gasteiger partial charge in [-0.3, -0.25) is 0 Å². The van der Waals surface area contributed by atoms with E-state index in [1.165, 1.54) is 0 Å². The summed E-state index contributed by atoms with van der Waals surface area (Å²) in [5.41, 5.74) is -0.365. The summed E-state index contributed by atoms with van der Waals surface area (Å²) in [7, 11) is 0. The van der Waals surface area contributed by atoms with Crippen LogP contribution < -0.4 is 0 Å². The van der Waals surface area contributed by atoms with Crippen molar-refractivity contribution in [2.24, 2.45) is 0 Å². The summed E-state index contributed by atoms with van der Waals surface area (Å²) in [6.07, 6.45) is -1.61. The van der Waals surface area contributed by atoms with Gasteiger partial charge in [0.15, 0.2) is 0 Å². The molecule has 0 amide bonds. The first kappa shape index (κ1) is 9.55. The van der Waals surface area contributed by atoms with Crippen LogP contribution in [0.15, 0.2) is 12.3 Å².